The van der Waals surface area contributed by atoms with Gasteiger partial charge < -0.3 is 20.3 Å². The Kier molecular flexibility index (Phi) is 6.86. The number of aryl methyl sites for hydroxylation is 1. The Morgan fingerprint density at radius 3 is 2.71 bits per heavy atom. The van der Waals surface area contributed by atoms with E-state index in [4.69, 9.17) is 20.3 Å². The normalized spacial score (nSPS) is 22.3. The smallest absolute Gasteiger partial charge is 0.469 e. The largest absolute Gasteiger partial charge is 0.494 e. The van der Waals surface area contributed by atoms with Gasteiger partial charge in [-0.3, -0.25) is 9.51 Å². The van der Waals surface area contributed by atoms with E-state index in [2.05, 4.69) is 15.6 Å². The van der Waals surface area contributed by atoms with E-state index in [9.17, 15) is 4.57 Å². The molecule has 0 radical (unpaired) electrons. The Labute approximate surface area is 165 Å². The van der Waals surface area contributed by atoms with Gasteiger partial charge in [0, 0.05) is 17.9 Å². The van der Waals surface area contributed by atoms with Gasteiger partial charge in [0.1, 0.15) is 5.75 Å². The molecule has 152 valence electrons. The quantitative estimate of drug-likeness (QED) is 0.433. The molecule has 0 bridgehead atoms. The van der Waals surface area contributed by atoms with E-state index in [1.807, 2.05) is 36.5 Å². The average molecular weight is 406 g/mol. The van der Waals surface area contributed by atoms with Gasteiger partial charge in [-0.25, -0.2) is 4.57 Å². The second-order valence-corrected chi connectivity index (χ2v) is 8.69. The van der Waals surface area contributed by atoms with Crippen molar-refractivity contribution in [3.63, 3.8) is 0 Å². The van der Waals surface area contributed by atoms with E-state index in [1.54, 1.807) is 6.20 Å². The third kappa shape index (κ3) is 6.40. The monoisotopic (exact) mass is 406 g/mol. The summed E-state index contributed by atoms with van der Waals surface area (Å²) in [5.74, 6) is 1.08. The van der Waals surface area contributed by atoms with Crippen molar-refractivity contribution in [1.29, 1.82) is 0 Å². The van der Waals surface area contributed by atoms with Gasteiger partial charge in [-0.1, -0.05) is 18.2 Å². The second kappa shape index (κ2) is 9.16. The summed E-state index contributed by atoms with van der Waals surface area (Å²) in [4.78, 5) is 21.9. The summed E-state index contributed by atoms with van der Waals surface area (Å²) in [6.45, 7) is 0.509. The SMILES string of the molecule is N[C@@]1(COP(=O)(O)O)CC[C@@H](c2ccc(OCCCc3cccnc3)cc2)C1. The van der Waals surface area contributed by atoms with Crippen LogP contribution in [0.15, 0.2) is 48.8 Å². The molecule has 2 aromatic rings. The number of nitrogens with zero attached hydrogens (tertiary/aromatic N) is 1. The van der Waals surface area contributed by atoms with Crippen LogP contribution >= 0.6 is 7.82 Å². The van der Waals surface area contributed by atoms with E-state index >= 15 is 0 Å². The van der Waals surface area contributed by atoms with Gasteiger partial charge in [0.25, 0.3) is 0 Å². The van der Waals surface area contributed by atoms with Crippen LogP contribution in [0.25, 0.3) is 0 Å². The molecule has 8 heteroatoms. The fourth-order valence-electron chi connectivity index (χ4n) is 3.63. The highest BCUT2D eigenvalue weighted by Crippen LogP contribution is 2.43. The molecular weight excluding hydrogens is 379 g/mol. The Morgan fingerprint density at radius 2 is 2.04 bits per heavy atom. The summed E-state index contributed by atoms with van der Waals surface area (Å²) < 4.78 is 21.3. The first-order valence-electron chi connectivity index (χ1n) is 9.44. The van der Waals surface area contributed by atoms with Gasteiger partial charge in [-0.05, 0) is 67.3 Å². The lowest BCUT2D eigenvalue weighted by atomic mass is 9.94. The van der Waals surface area contributed by atoms with Gasteiger partial charge in [-0.15, -0.1) is 0 Å². The first-order valence-corrected chi connectivity index (χ1v) is 11.0. The van der Waals surface area contributed by atoms with Gasteiger partial charge in [0.15, 0.2) is 0 Å². The minimum absolute atomic E-state index is 0.133. The lowest BCUT2D eigenvalue weighted by Gasteiger charge is -2.24. The first-order chi connectivity index (χ1) is 13.3. The summed E-state index contributed by atoms with van der Waals surface area (Å²) in [6.07, 6.45) is 7.67. The molecule has 4 N–H and O–H groups in total. The lowest BCUT2D eigenvalue weighted by Crippen LogP contribution is -2.41. The molecule has 0 spiro atoms. The number of pyridine rings is 1. The van der Waals surface area contributed by atoms with Crippen molar-refractivity contribution < 1.29 is 23.6 Å². The molecule has 3 rings (SSSR count). The van der Waals surface area contributed by atoms with Crippen LogP contribution in [-0.4, -0.2) is 33.5 Å². The zero-order chi connectivity index (χ0) is 20.0. The van der Waals surface area contributed by atoms with Crippen LogP contribution in [0.4, 0.5) is 0 Å². The van der Waals surface area contributed by atoms with Crippen LogP contribution in [-0.2, 0) is 15.5 Å². The van der Waals surface area contributed by atoms with Gasteiger partial charge >= 0.3 is 7.82 Å². The van der Waals surface area contributed by atoms with E-state index in [0.717, 1.165) is 30.6 Å². The van der Waals surface area contributed by atoms with Crippen molar-refractivity contribution >= 4 is 7.82 Å². The number of aromatic nitrogens is 1. The van der Waals surface area contributed by atoms with Crippen LogP contribution in [0.5, 0.6) is 5.75 Å². The first kappa shape index (κ1) is 21.0. The molecule has 2 atom stereocenters. The summed E-state index contributed by atoms with van der Waals surface area (Å²) in [6, 6.07) is 12.0. The molecule has 0 unspecified atom stereocenters. The molecule has 1 aliphatic rings. The molecule has 7 nitrogen and oxygen atoms in total. The summed E-state index contributed by atoms with van der Waals surface area (Å²) in [5.41, 5.74) is 7.92. The highest BCUT2D eigenvalue weighted by Gasteiger charge is 2.38. The van der Waals surface area contributed by atoms with E-state index in [-0.39, 0.29) is 12.5 Å². The Morgan fingerprint density at radius 1 is 1.25 bits per heavy atom. The predicted octanol–water partition coefficient (Wildman–Crippen LogP) is 3.17. The van der Waals surface area contributed by atoms with E-state index in [0.29, 0.717) is 19.4 Å². The molecule has 1 fully saturated rings. The molecule has 1 heterocycles. The third-order valence-electron chi connectivity index (χ3n) is 5.12. The number of nitrogens with two attached hydrogens (primary N) is 1. The van der Waals surface area contributed by atoms with Crippen molar-refractivity contribution in [2.45, 2.75) is 43.6 Å². The number of hydrogen-bond donors (Lipinski definition) is 3. The molecule has 28 heavy (non-hydrogen) atoms. The van der Waals surface area contributed by atoms with Gasteiger partial charge in [0.05, 0.1) is 13.2 Å². The Balaban J connectivity index is 1.44. The highest BCUT2D eigenvalue weighted by molar-refractivity contribution is 7.46. The van der Waals surface area contributed by atoms with E-state index in [1.165, 1.54) is 5.56 Å². The fraction of sp³-hybridized carbons (Fsp3) is 0.450. The molecule has 0 amide bonds. The number of benzene rings is 1. The molecular formula is C20H27N2O5P. The van der Waals surface area contributed by atoms with Crippen LogP contribution in [0.3, 0.4) is 0 Å². The van der Waals surface area contributed by atoms with Gasteiger partial charge in [-0.2, -0.15) is 0 Å². The number of phosphoric ester groups is 1. The highest BCUT2D eigenvalue weighted by atomic mass is 31.2. The molecule has 1 aliphatic carbocycles. The summed E-state index contributed by atoms with van der Waals surface area (Å²) in [5, 5.41) is 0. The minimum Gasteiger partial charge on any atom is -0.494 e. The van der Waals surface area contributed by atoms with Crippen molar-refractivity contribution in [3.8, 4) is 5.75 Å². The lowest BCUT2D eigenvalue weighted by molar-refractivity contribution is 0.153. The zero-order valence-corrected chi connectivity index (χ0v) is 16.6. The Hall–Kier alpha value is -1.76. The van der Waals surface area contributed by atoms with Crippen LogP contribution < -0.4 is 10.5 Å². The fourth-order valence-corrected chi connectivity index (χ4v) is 4.06. The number of ether oxygens (including phenoxy) is 1. The van der Waals surface area contributed by atoms with Crippen LogP contribution in [0, 0.1) is 0 Å². The van der Waals surface area contributed by atoms with Crippen molar-refractivity contribution in [2.75, 3.05) is 13.2 Å². The summed E-state index contributed by atoms with van der Waals surface area (Å²) >= 11 is 0. The topological polar surface area (TPSA) is 115 Å². The predicted molar refractivity (Wildman–Crippen MR) is 106 cm³/mol. The number of phosphoric acid groups is 1. The third-order valence-corrected chi connectivity index (χ3v) is 5.58. The summed E-state index contributed by atoms with van der Waals surface area (Å²) in [7, 11) is -4.49. The maximum absolute atomic E-state index is 10.9. The molecule has 0 saturated heterocycles. The van der Waals surface area contributed by atoms with Crippen LogP contribution in [0.2, 0.25) is 0 Å². The van der Waals surface area contributed by atoms with Crippen LogP contribution in [0.1, 0.15) is 42.7 Å². The Bertz CT molecular complexity index is 796. The van der Waals surface area contributed by atoms with Crippen molar-refractivity contribution in [3.05, 3.63) is 59.9 Å². The molecule has 1 aromatic carbocycles. The van der Waals surface area contributed by atoms with Gasteiger partial charge in [0.2, 0.25) is 0 Å². The standard InChI is InChI=1S/C20H27N2O5P/c21-20(15-27-28(23,24)25)10-9-18(13-20)17-5-7-19(8-6-17)26-12-2-4-16-3-1-11-22-14-16/h1,3,5-8,11,14,18H,2,4,9-10,12-13,15,21H2,(H2,23,24,25)/t18-,20+/m1/s1. The molecule has 1 aromatic heterocycles. The van der Waals surface area contributed by atoms with E-state index < -0.39 is 13.4 Å². The maximum Gasteiger partial charge on any atom is 0.469 e. The second-order valence-electron chi connectivity index (χ2n) is 7.45. The molecule has 0 aliphatic heterocycles. The zero-order valence-electron chi connectivity index (χ0n) is 15.7. The average Bonchev–Trinajstić information content (AvgIpc) is 3.07. The number of rotatable bonds is 9. The maximum atomic E-state index is 10.9. The van der Waals surface area contributed by atoms with Crippen molar-refractivity contribution in [1.82, 2.24) is 4.98 Å². The minimum atomic E-state index is -4.49. The number of hydrogen-bond acceptors (Lipinski definition) is 5. The van der Waals surface area contributed by atoms with Crippen molar-refractivity contribution in [2.24, 2.45) is 5.73 Å². The molecule has 1 saturated carbocycles.